The zero-order valence-electron chi connectivity index (χ0n) is 11.1. The first-order valence-electron chi connectivity index (χ1n) is 6.52. The third kappa shape index (κ3) is 3.92. The van der Waals surface area contributed by atoms with Crippen molar-refractivity contribution >= 4 is 5.91 Å². The van der Waals surface area contributed by atoms with Crippen LogP contribution in [0.4, 0.5) is 4.39 Å². The Morgan fingerprint density at radius 1 is 1.58 bits per heavy atom. The quantitative estimate of drug-likeness (QED) is 0.896. The van der Waals surface area contributed by atoms with Crippen molar-refractivity contribution in [2.45, 2.75) is 18.9 Å². The average molecular weight is 266 g/mol. The number of halogens is 1. The van der Waals surface area contributed by atoms with E-state index in [4.69, 9.17) is 4.74 Å². The number of ether oxygens (including phenoxy) is 1. The third-order valence-corrected chi connectivity index (χ3v) is 3.34. The molecule has 0 spiro atoms. The van der Waals surface area contributed by atoms with Crippen molar-refractivity contribution in [3.8, 4) is 5.75 Å². The van der Waals surface area contributed by atoms with Gasteiger partial charge in [-0.15, -0.1) is 0 Å². The number of amides is 1. The molecule has 0 aromatic heterocycles. The summed E-state index contributed by atoms with van der Waals surface area (Å²) in [6.45, 7) is 1.44. The Morgan fingerprint density at radius 3 is 3.16 bits per heavy atom. The standard InChI is InChI=1S/C14H19FN2O2/c1-16-12-5-3-7-17(9-12)14(18)10-19-13-6-2-4-11(15)8-13/h2,4,6,8,12,16H,3,5,7,9-10H2,1H3/t12-/m1/s1. The summed E-state index contributed by atoms with van der Waals surface area (Å²) in [5.41, 5.74) is 0. The van der Waals surface area contributed by atoms with Crippen LogP contribution in [0.15, 0.2) is 24.3 Å². The highest BCUT2D eigenvalue weighted by molar-refractivity contribution is 5.77. The van der Waals surface area contributed by atoms with Crippen LogP contribution in [0.2, 0.25) is 0 Å². The molecule has 5 heteroatoms. The maximum absolute atomic E-state index is 13.0. The van der Waals surface area contributed by atoms with Crippen molar-refractivity contribution in [2.75, 3.05) is 26.7 Å². The number of likely N-dealkylation sites (tertiary alicyclic amines) is 1. The van der Waals surface area contributed by atoms with Crippen LogP contribution in [0.25, 0.3) is 0 Å². The minimum atomic E-state index is -0.363. The summed E-state index contributed by atoms with van der Waals surface area (Å²) in [4.78, 5) is 13.8. The second-order valence-electron chi connectivity index (χ2n) is 4.71. The molecule has 0 unspecified atom stereocenters. The van der Waals surface area contributed by atoms with Gasteiger partial charge in [-0.3, -0.25) is 4.79 Å². The molecule has 0 radical (unpaired) electrons. The second kappa shape index (κ2) is 6.52. The Morgan fingerprint density at radius 2 is 2.42 bits per heavy atom. The van der Waals surface area contributed by atoms with E-state index in [1.54, 1.807) is 17.0 Å². The van der Waals surface area contributed by atoms with Crippen molar-refractivity contribution < 1.29 is 13.9 Å². The summed E-state index contributed by atoms with van der Waals surface area (Å²) < 4.78 is 18.3. The van der Waals surface area contributed by atoms with E-state index in [1.807, 2.05) is 7.05 Å². The van der Waals surface area contributed by atoms with Gasteiger partial charge < -0.3 is 15.0 Å². The number of likely N-dealkylation sites (N-methyl/N-ethyl adjacent to an activating group) is 1. The van der Waals surface area contributed by atoms with Gasteiger partial charge in [0.1, 0.15) is 11.6 Å². The van der Waals surface area contributed by atoms with Gasteiger partial charge in [-0.1, -0.05) is 6.07 Å². The summed E-state index contributed by atoms with van der Waals surface area (Å²) in [7, 11) is 1.90. The number of nitrogens with one attached hydrogen (secondary N) is 1. The van der Waals surface area contributed by atoms with Crippen LogP contribution in [0.5, 0.6) is 5.75 Å². The molecule has 4 nitrogen and oxygen atoms in total. The summed E-state index contributed by atoms with van der Waals surface area (Å²) in [6.07, 6.45) is 2.09. The van der Waals surface area contributed by atoms with Gasteiger partial charge in [0.2, 0.25) is 0 Å². The molecule has 104 valence electrons. The summed E-state index contributed by atoms with van der Waals surface area (Å²) in [5, 5.41) is 3.19. The molecule has 1 aliphatic rings. The first-order valence-corrected chi connectivity index (χ1v) is 6.52. The predicted molar refractivity (Wildman–Crippen MR) is 70.6 cm³/mol. The predicted octanol–water partition coefficient (Wildman–Crippen LogP) is 1.41. The zero-order chi connectivity index (χ0) is 13.7. The average Bonchev–Trinajstić information content (AvgIpc) is 2.45. The van der Waals surface area contributed by atoms with Gasteiger partial charge in [0.05, 0.1) is 0 Å². The Balaban J connectivity index is 1.84. The highest BCUT2D eigenvalue weighted by Gasteiger charge is 2.22. The van der Waals surface area contributed by atoms with Gasteiger partial charge in [-0.05, 0) is 32.0 Å². The van der Waals surface area contributed by atoms with Gasteiger partial charge >= 0.3 is 0 Å². The normalized spacial score (nSPS) is 19.3. The Hall–Kier alpha value is -1.62. The number of nitrogens with zero attached hydrogens (tertiary/aromatic N) is 1. The molecule has 0 bridgehead atoms. The van der Waals surface area contributed by atoms with Crippen molar-refractivity contribution in [3.05, 3.63) is 30.1 Å². The lowest BCUT2D eigenvalue weighted by molar-refractivity contribution is -0.134. The highest BCUT2D eigenvalue weighted by Crippen LogP contribution is 2.13. The molecule has 1 aromatic carbocycles. The molecule has 1 N–H and O–H groups in total. The smallest absolute Gasteiger partial charge is 0.260 e. The minimum Gasteiger partial charge on any atom is -0.484 e. The van der Waals surface area contributed by atoms with Crippen molar-refractivity contribution in [2.24, 2.45) is 0 Å². The van der Waals surface area contributed by atoms with Crippen LogP contribution in [0.3, 0.4) is 0 Å². The molecule has 1 atom stereocenters. The summed E-state index contributed by atoms with van der Waals surface area (Å²) in [6, 6.07) is 6.18. The molecule has 0 saturated carbocycles. The fraction of sp³-hybridized carbons (Fsp3) is 0.500. The molecular formula is C14H19FN2O2. The van der Waals surface area contributed by atoms with E-state index < -0.39 is 0 Å². The third-order valence-electron chi connectivity index (χ3n) is 3.34. The molecule has 2 rings (SSSR count). The zero-order valence-corrected chi connectivity index (χ0v) is 11.1. The lowest BCUT2D eigenvalue weighted by Gasteiger charge is -2.32. The molecule has 1 aliphatic heterocycles. The summed E-state index contributed by atoms with van der Waals surface area (Å²) >= 11 is 0. The molecule has 1 amide bonds. The minimum absolute atomic E-state index is 0.0418. The monoisotopic (exact) mass is 266 g/mol. The van der Waals surface area contributed by atoms with E-state index in [1.165, 1.54) is 12.1 Å². The van der Waals surface area contributed by atoms with E-state index in [-0.39, 0.29) is 18.3 Å². The molecule has 19 heavy (non-hydrogen) atoms. The van der Waals surface area contributed by atoms with Gasteiger partial charge in [0, 0.05) is 25.2 Å². The molecule has 1 fully saturated rings. The van der Waals surface area contributed by atoms with Gasteiger partial charge in [-0.25, -0.2) is 4.39 Å². The van der Waals surface area contributed by atoms with Crippen LogP contribution in [0, 0.1) is 5.82 Å². The topological polar surface area (TPSA) is 41.6 Å². The number of hydrogen-bond donors (Lipinski definition) is 1. The van der Waals surface area contributed by atoms with Crippen LogP contribution in [-0.4, -0.2) is 43.6 Å². The number of hydrogen-bond acceptors (Lipinski definition) is 3. The van der Waals surface area contributed by atoms with Crippen LogP contribution >= 0.6 is 0 Å². The Labute approximate surface area is 112 Å². The van der Waals surface area contributed by atoms with E-state index in [0.717, 1.165) is 19.4 Å². The second-order valence-corrected chi connectivity index (χ2v) is 4.71. The van der Waals surface area contributed by atoms with Gasteiger partial charge in [-0.2, -0.15) is 0 Å². The maximum Gasteiger partial charge on any atom is 0.260 e. The lowest BCUT2D eigenvalue weighted by Crippen LogP contribution is -2.48. The molecular weight excluding hydrogens is 247 g/mol. The van der Waals surface area contributed by atoms with E-state index in [9.17, 15) is 9.18 Å². The lowest BCUT2D eigenvalue weighted by atomic mass is 10.1. The van der Waals surface area contributed by atoms with Crippen LogP contribution in [-0.2, 0) is 4.79 Å². The Bertz CT molecular complexity index is 439. The molecule has 1 aromatic rings. The van der Waals surface area contributed by atoms with E-state index >= 15 is 0 Å². The highest BCUT2D eigenvalue weighted by atomic mass is 19.1. The SMILES string of the molecule is CN[C@@H]1CCCN(C(=O)COc2cccc(F)c2)C1. The van der Waals surface area contributed by atoms with Crippen LogP contribution in [0.1, 0.15) is 12.8 Å². The van der Waals surface area contributed by atoms with E-state index in [0.29, 0.717) is 18.3 Å². The molecule has 1 saturated heterocycles. The van der Waals surface area contributed by atoms with Crippen molar-refractivity contribution in [1.82, 2.24) is 10.2 Å². The largest absolute Gasteiger partial charge is 0.484 e. The molecule has 0 aliphatic carbocycles. The first-order chi connectivity index (χ1) is 9.19. The number of carbonyl (C=O) groups is 1. The number of piperidine rings is 1. The number of rotatable bonds is 4. The van der Waals surface area contributed by atoms with Crippen molar-refractivity contribution in [1.29, 1.82) is 0 Å². The Kier molecular flexibility index (Phi) is 4.74. The first kappa shape index (κ1) is 13.8. The summed E-state index contributed by atoms with van der Waals surface area (Å²) in [5.74, 6) is -0.0297. The number of benzene rings is 1. The van der Waals surface area contributed by atoms with Crippen molar-refractivity contribution in [3.63, 3.8) is 0 Å². The molecule has 1 heterocycles. The fourth-order valence-corrected chi connectivity index (χ4v) is 2.23. The number of carbonyl (C=O) groups excluding carboxylic acids is 1. The fourth-order valence-electron chi connectivity index (χ4n) is 2.23. The van der Waals surface area contributed by atoms with Gasteiger partial charge in [0.25, 0.3) is 5.91 Å². The maximum atomic E-state index is 13.0. The van der Waals surface area contributed by atoms with Crippen LogP contribution < -0.4 is 10.1 Å². The van der Waals surface area contributed by atoms with Gasteiger partial charge in [0.15, 0.2) is 6.61 Å². The van der Waals surface area contributed by atoms with E-state index in [2.05, 4.69) is 5.32 Å².